The van der Waals surface area contributed by atoms with Gasteiger partial charge in [-0.05, 0) is 0 Å². The number of rotatable bonds is 6. The van der Waals surface area contributed by atoms with Crippen molar-refractivity contribution in [3.63, 3.8) is 0 Å². The molecule has 8 nitrogen and oxygen atoms in total. The van der Waals surface area contributed by atoms with Gasteiger partial charge in [0.25, 0.3) is 0 Å². The summed E-state index contributed by atoms with van der Waals surface area (Å²) in [6, 6.07) is 0. The monoisotopic (exact) mass is 266 g/mol. The predicted octanol–water partition coefficient (Wildman–Crippen LogP) is -0.556. The van der Waals surface area contributed by atoms with Crippen LogP contribution in [-0.2, 0) is 27.3 Å². The molecule has 1 aromatic rings. The Morgan fingerprint density at radius 2 is 1.95 bits per heavy atom. The molecule has 2 amide bonds. The first-order chi connectivity index (χ1) is 9.06. The molecule has 2 heterocycles. The van der Waals surface area contributed by atoms with Gasteiger partial charge in [-0.2, -0.15) is 0 Å². The number of nitrogens with zero attached hydrogens (tertiary/aromatic N) is 4. The van der Waals surface area contributed by atoms with Gasteiger partial charge < -0.3 is 5.11 Å². The van der Waals surface area contributed by atoms with Gasteiger partial charge in [0, 0.05) is 32.0 Å². The number of carbonyl (C=O) groups is 3. The van der Waals surface area contributed by atoms with Gasteiger partial charge in [0.1, 0.15) is 0 Å². The zero-order valence-corrected chi connectivity index (χ0v) is 10.3. The highest BCUT2D eigenvalue weighted by atomic mass is 16.4. The Morgan fingerprint density at radius 3 is 2.58 bits per heavy atom. The van der Waals surface area contributed by atoms with Crippen molar-refractivity contribution < 1.29 is 19.5 Å². The Hall–Kier alpha value is -2.25. The van der Waals surface area contributed by atoms with E-state index in [9.17, 15) is 14.4 Å². The van der Waals surface area contributed by atoms with Crippen LogP contribution in [0.5, 0.6) is 0 Å². The second-order valence-electron chi connectivity index (χ2n) is 4.31. The largest absolute Gasteiger partial charge is 0.481 e. The van der Waals surface area contributed by atoms with Gasteiger partial charge in [-0.3, -0.25) is 24.0 Å². The van der Waals surface area contributed by atoms with E-state index in [1.54, 1.807) is 6.20 Å². The van der Waals surface area contributed by atoms with Crippen LogP contribution in [-0.4, -0.2) is 49.3 Å². The quantitative estimate of drug-likeness (QED) is 0.692. The molecular weight excluding hydrogens is 252 g/mol. The zero-order chi connectivity index (χ0) is 13.8. The van der Waals surface area contributed by atoms with Crippen molar-refractivity contribution in [1.29, 1.82) is 0 Å². The molecule has 0 saturated carbocycles. The maximum Gasteiger partial charge on any atom is 0.303 e. The Morgan fingerprint density at radius 1 is 1.26 bits per heavy atom. The molecule has 102 valence electrons. The first kappa shape index (κ1) is 13.2. The summed E-state index contributed by atoms with van der Waals surface area (Å²) >= 11 is 0. The van der Waals surface area contributed by atoms with E-state index in [1.807, 2.05) is 0 Å². The maximum atomic E-state index is 11.4. The first-order valence-electron chi connectivity index (χ1n) is 6.00. The highest BCUT2D eigenvalue weighted by molar-refractivity contribution is 6.01. The van der Waals surface area contributed by atoms with E-state index in [-0.39, 0.29) is 37.6 Å². The smallest absolute Gasteiger partial charge is 0.303 e. The van der Waals surface area contributed by atoms with Crippen LogP contribution in [0.4, 0.5) is 0 Å². The zero-order valence-electron chi connectivity index (χ0n) is 10.3. The summed E-state index contributed by atoms with van der Waals surface area (Å²) in [5, 5.41) is 16.2. The number of likely N-dealkylation sites (tertiary alicyclic amines) is 1. The summed E-state index contributed by atoms with van der Waals surface area (Å²) in [5.41, 5.74) is 0.585. The van der Waals surface area contributed by atoms with E-state index in [4.69, 9.17) is 5.11 Å². The molecule has 1 saturated heterocycles. The molecule has 2 rings (SSSR count). The minimum absolute atomic E-state index is 0.00178. The molecule has 19 heavy (non-hydrogen) atoms. The SMILES string of the molecule is O=C(O)CCc1cn(CCN2C(=O)CCC2=O)nn1. The number of carboxylic acids is 1. The van der Waals surface area contributed by atoms with Gasteiger partial charge in [0.05, 0.1) is 18.7 Å². The van der Waals surface area contributed by atoms with Gasteiger partial charge in [-0.15, -0.1) is 5.10 Å². The number of imide groups is 1. The van der Waals surface area contributed by atoms with Crippen LogP contribution >= 0.6 is 0 Å². The summed E-state index contributed by atoms with van der Waals surface area (Å²) < 4.78 is 1.51. The molecule has 1 aliphatic heterocycles. The number of carboxylic acid groups (broad SMARTS) is 1. The first-order valence-corrected chi connectivity index (χ1v) is 6.00. The molecule has 1 aliphatic rings. The fourth-order valence-corrected chi connectivity index (χ4v) is 1.87. The number of aryl methyl sites for hydroxylation is 1. The topological polar surface area (TPSA) is 105 Å². The van der Waals surface area contributed by atoms with Crippen molar-refractivity contribution >= 4 is 17.8 Å². The lowest BCUT2D eigenvalue weighted by atomic mass is 10.2. The summed E-state index contributed by atoms with van der Waals surface area (Å²) in [4.78, 5) is 34.4. The molecule has 0 aromatic carbocycles. The average Bonchev–Trinajstić information content (AvgIpc) is 2.93. The van der Waals surface area contributed by atoms with E-state index < -0.39 is 5.97 Å². The van der Waals surface area contributed by atoms with Crippen LogP contribution in [0, 0.1) is 0 Å². The van der Waals surface area contributed by atoms with E-state index in [0.29, 0.717) is 18.7 Å². The highest BCUT2D eigenvalue weighted by Gasteiger charge is 2.28. The second kappa shape index (κ2) is 5.59. The van der Waals surface area contributed by atoms with Crippen molar-refractivity contribution in [3.05, 3.63) is 11.9 Å². The van der Waals surface area contributed by atoms with Crippen LogP contribution < -0.4 is 0 Å². The van der Waals surface area contributed by atoms with Gasteiger partial charge in [-0.1, -0.05) is 5.21 Å². The molecule has 0 spiro atoms. The molecule has 1 fully saturated rings. The summed E-state index contributed by atoms with van der Waals surface area (Å²) in [7, 11) is 0. The Kier molecular flexibility index (Phi) is 3.88. The fourth-order valence-electron chi connectivity index (χ4n) is 1.87. The molecule has 1 aromatic heterocycles. The predicted molar refractivity (Wildman–Crippen MR) is 61.9 cm³/mol. The van der Waals surface area contributed by atoms with Crippen molar-refractivity contribution in [2.24, 2.45) is 0 Å². The molecule has 0 aliphatic carbocycles. The maximum absolute atomic E-state index is 11.4. The van der Waals surface area contributed by atoms with E-state index in [2.05, 4.69) is 10.3 Å². The summed E-state index contributed by atoms with van der Waals surface area (Å²) in [5.74, 6) is -1.20. The third-order valence-electron chi connectivity index (χ3n) is 2.89. The van der Waals surface area contributed by atoms with Crippen LogP contribution in [0.15, 0.2) is 6.20 Å². The minimum atomic E-state index is -0.886. The molecule has 8 heteroatoms. The molecule has 0 bridgehead atoms. The number of aromatic nitrogens is 3. The molecule has 1 N–H and O–H groups in total. The lowest BCUT2D eigenvalue weighted by molar-refractivity contribution is -0.139. The van der Waals surface area contributed by atoms with Crippen LogP contribution in [0.1, 0.15) is 25.0 Å². The number of amides is 2. The third-order valence-corrected chi connectivity index (χ3v) is 2.89. The van der Waals surface area contributed by atoms with Crippen molar-refractivity contribution in [1.82, 2.24) is 19.9 Å². The molecule has 0 radical (unpaired) electrons. The molecule has 0 unspecified atom stereocenters. The standard InChI is InChI=1S/C11H14N4O4/c16-9-2-3-10(17)15(9)6-5-14-7-8(12-13-14)1-4-11(18)19/h7H,1-6H2,(H,18,19). The van der Waals surface area contributed by atoms with Gasteiger partial charge >= 0.3 is 5.97 Å². The molecular formula is C11H14N4O4. The lowest BCUT2D eigenvalue weighted by Gasteiger charge is -2.12. The Bertz CT molecular complexity index is 495. The lowest BCUT2D eigenvalue weighted by Crippen LogP contribution is -2.32. The fraction of sp³-hybridized carbons (Fsp3) is 0.545. The minimum Gasteiger partial charge on any atom is -0.481 e. The van der Waals surface area contributed by atoms with Gasteiger partial charge in [0.15, 0.2) is 0 Å². The number of hydrogen-bond donors (Lipinski definition) is 1. The highest BCUT2D eigenvalue weighted by Crippen LogP contribution is 2.11. The van der Waals surface area contributed by atoms with Crippen molar-refractivity contribution in [3.8, 4) is 0 Å². The molecule has 0 atom stereocenters. The summed E-state index contributed by atoms with van der Waals surface area (Å²) in [6.07, 6.45) is 2.51. The number of carbonyl (C=O) groups excluding carboxylic acids is 2. The van der Waals surface area contributed by atoms with E-state index in [0.717, 1.165) is 0 Å². The third kappa shape index (κ3) is 3.36. The van der Waals surface area contributed by atoms with Crippen LogP contribution in [0.3, 0.4) is 0 Å². The number of aliphatic carboxylic acids is 1. The van der Waals surface area contributed by atoms with E-state index in [1.165, 1.54) is 9.58 Å². The van der Waals surface area contributed by atoms with Crippen LogP contribution in [0.2, 0.25) is 0 Å². The second-order valence-corrected chi connectivity index (χ2v) is 4.31. The average molecular weight is 266 g/mol. The van der Waals surface area contributed by atoms with Crippen molar-refractivity contribution in [2.75, 3.05) is 6.54 Å². The Labute approximate surface area is 109 Å². The van der Waals surface area contributed by atoms with Crippen LogP contribution in [0.25, 0.3) is 0 Å². The van der Waals surface area contributed by atoms with Gasteiger partial charge in [0.2, 0.25) is 11.8 Å². The normalized spacial score (nSPS) is 15.3. The summed E-state index contributed by atoms with van der Waals surface area (Å²) in [6.45, 7) is 0.650. The Balaban J connectivity index is 1.84. The van der Waals surface area contributed by atoms with Gasteiger partial charge in [-0.25, -0.2) is 0 Å². The van der Waals surface area contributed by atoms with E-state index >= 15 is 0 Å². The van der Waals surface area contributed by atoms with Crippen molar-refractivity contribution in [2.45, 2.75) is 32.2 Å². The number of hydrogen-bond acceptors (Lipinski definition) is 5.